The van der Waals surface area contributed by atoms with E-state index in [9.17, 15) is 14.0 Å². The van der Waals surface area contributed by atoms with Crippen molar-refractivity contribution in [2.75, 3.05) is 23.7 Å². The zero-order valence-corrected chi connectivity index (χ0v) is 19.4. The van der Waals surface area contributed by atoms with Crippen LogP contribution >= 0.6 is 11.8 Å². The highest BCUT2D eigenvalue weighted by Gasteiger charge is 2.31. The van der Waals surface area contributed by atoms with Crippen molar-refractivity contribution in [2.24, 2.45) is 0 Å². The number of nitrogens with zero attached hydrogens (tertiary/aromatic N) is 1. The predicted octanol–water partition coefficient (Wildman–Crippen LogP) is 5.16. The van der Waals surface area contributed by atoms with Crippen molar-refractivity contribution < 1.29 is 18.7 Å². The molecule has 1 saturated carbocycles. The lowest BCUT2D eigenvalue weighted by molar-refractivity contribution is -0.123. The first-order valence-corrected chi connectivity index (χ1v) is 12.6. The smallest absolute Gasteiger partial charge is 0.294 e. The number of hydrogen-bond acceptors (Lipinski definition) is 4. The van der Waals surface area contributed by atoms with E-state index < -0.39 is 11.7 Å². The zero-order chi connectivity index (χ0) is 23.0. The molecule has 2 amide bonds. The van der Waals surface area contributed by atoms with Crippen LogP contribution in [0.2, 0.25) is 0 Å². The molecule has 0 saturated heterocycles. The molecular formula is C26H29FN2O3S. The van der Waals surface area contributed by atoms with Crippen LogP contribution < -0.4 is 15.0 Å². The fraction of sp³-hybridized carbons (Fsp3) is 0.385. The lowest BCUT2D eigenvalue weighted by Gasteiger charge is -2.30. The predicted molar refractivity (Wildman–Crippen MR) is 131 cm³/mol. The number of hydrogen-bond donors (Lipinski definition) is 1. The van der Waals surface area contributed by atoms with Crippen molar-refractivity contribution in [3.8, 4) is 5.75 Å². The van der Waals surface area contributed by atoms with Gasteiger partial charge in [-0.25, -0.2) is 4.39 Å². The van der Waals surface area contributed by atoms with Crippen LogP contribution in [0.5, 0.6) is 5.75 Å². The van der Waals surface area contributed by atoms with E-state index in [0.29, 0.717) is 18.0 Å². The van der Waals surface area contributed by atoms with Crippen molar-refractivity contribution in [2.45, 2.75) is 43.8 Å². The van der Waals surface area contributed by atoms with Crippen molar-refractivity contribution in [1.82, 2.24) is 5.32 Å². The number of carbonyl (C=O) groups is 2. The number of rotatable bonds is 8. The van der Waals surface area contributed by atoms with E-state index in [1.165, 1.54) is 49.1 Å². The van der Waals surface area contributed by atoms with Crippen LogP contribution in [0.4, 0.5) is 10.1 Å². The van der Waals surface area contributed by atoms with Gasteiger partial charge in [0.15, 0.2) is 11.5 Å². The van der Waals surface area contributed by atoms with Gasteiger partial charge < -0.3 is 10.1 Å². The Morgan fingerprint density at radius 2 is 1.88 bits per heavy atom. The van der Waals surface area contributed by atoms with E-state index in [0.717, 1.165) is 17.4 Å². The first-order chi connectivity index (χ1) is 16.1. The highest BCUT2D eigenvalue weighted by Crippen LogP contribution is 2.35. The van der Waals surface area contributed by atoms with Crippen molar-refractivity contribution in [3.05, 3.63) is 65.7 Å². The second-order valence-corrected chi connectivity index (χ2v) is 9.73. The first-order valence-electron chi connectivity index (χ1n) is 11.5. The largest absolute Gasteiger partial charge is 0.449 e. The molecule has 0 spiro atoms. The minimum Gasteiger partial charge on any atom is -0.449 e. The molecule has 1 aliphatic carbocycles. The maximum absolute atomic E-state index is 14.1. The Bertz CT molecular complexity index is 1020. The molecule has 1 aliphatic heterocycles. The Morgan fingerprint density at radius 1 is 1.12 bits per heavy atom. The minimum atomic E-state index is -0.472. The van der Waals surface area contributed by atoms with Crippen molar-refractivity contribution in [1.29, 1.82) is 0 Å². The molecule has 7 heteroatoms. The molecule has 174 valence electrons. The highest BCUT2D eigenvalue weighted by molar-refractivity contribution is 7.99. The summed E-state index contributed by atoms with van der Waals surface area (Å²) in [6.07, 6.45) is 8.90. The topological polar surface area (TPSA) is 58.6 Å². The van der Waals surface area contributed by atoms with Gasteiger partial charge in [-0.1, -0.05) is 49.6 Å². The molecule has 1 fully saturated rings. The summed E-state index contributed by atoms with van der Waals surface area (Å²) < 4.78 is 19.9. The second-order valence-electron chi connectivity index (χ2n) is 8.33. The second kappa shape index (κ2) is 11.4. The number of para-hydroxylation sites is 2. The molecule has 0 bridgehead atoms. The van der Waals surface area contributed by atoms with Gasteiger partial charge in [0.05, 0.1) is 5.69 Å². The average molecular weight is 469 g/mol. The van der Waals surface area contributed by atoms with Gasteiger partial charge >= 0.3 is 0 Å². The third kappa shape index (κ3) is 6.16. The summed E-state index contributed by atoms with van der Waals surface area (Å²) in [5, 5.41) is 3.69. The highest BCUT2D eigenvalue weighted by atomic mass is 32.2. The zero-order valence-electron chi connectivity index (χ0n) is 18.6. The molecule has 2 aliphatic rings. The fourth-order valence-corrected chi connectivity index (χ4v) is 5.44. The summed E-state index contributed by atoms with van der Waals surface area (Å²) in [6.45, 7) is 0.459. The van der Waals surface area contributed by atoms with Gasteiger partial charge in [0.1, 0.15) is 12.4 Å². The van der Waals surface area contributed by atoms with E-state index in [1.807, 2.05) is 11.8 Å². The van der Waals surface area contributed by atoms with E-state index in [1.54, 1.807) is 42.5 Å². The normalized spacial score (nSPS) is 17.5. The number of halogens is 1. The first kappa shape index (κ1) is 23.4. The number of nitrogens with one attached hydrogen (secondary N) is 1. The Balaban J connectivity index is 1.36. The molecule has 2 aromatic carbocycles. The molecule has 4 rings (SSSR count). The van der Waals surface area contributed by atoms with Crippen LogP contribution in [0.3, 0.4) is 0 Å². The number of fused-ring (bicyclic) bond motifs is 1. The van der Waals surface area contributed by atoms with Gasteiger partial charge in [0.2, 0.25) is 5.91 Å². The monoisotopic (exact) mass is 468 g/mol. The summed E-state index contributed by atoms with van der Waals surface area (Å²) in [5.41, 5.74) is 0.774. The Labute approximate surface area is 198 Å². The maximum Gasteiger partial charge on any atom is 0.294 e. The molecule has 0 aromatic heterocycles. The van der Waals surface area contributed by atoms with Gasteiger partial charge in [-0.05, 0) is 49.3 Å². The van der Waals surface area contributed by atoms with Crippen LogP contribution in [0.1, 0.15) is 44.1 Å². The summed E-state index contributed by atoms with van der Waals surface area (Å²) in [5.74, 6) is 0.315. The molecule has 1 heterocycles. The van der Waals surface area contributed by atoms with Crippen LogP contribution in [0, 0.1) is 5.82 Å². The molecule has 1 N–H and O–H groups in total. The van der Waals surface area contributed by atoms with E-state index in [4.69, 9.17) is 4.74 Å². The molecule has 5 nitrogen and oxygen atoms in total. The van der Waals surface area contributed by atoms with Crippen LogP contribution in [0.15, 0.2) is 54.3 Å². The molecular weight excluding hydrogens is 439 g/mol. The Hall–Kier alpha value is -2.80. The summed E-state index contributed by atoms with van der Waals surface area (Å²) in [6, 6.07) is 13.2. The van der Waals surface area contributed by atoms with E-state index in [-0.39, 0.29) is 23.8 Å². The summed E-state index contributed by atoms with van der Waals surface area (Å²) in [4.78, 5) is 27.1. The average Bonchev–Trinajstić information content (AvgIpc) is 2.83. The molecule has 0 radical (unpaired) electrons. The molecule has 0 unspecified atom stereocenters. The SMILES string of the molecule is O=C(CN1C(=O)C(=Cc2ccccc2F)Oc2ccccc21)NCCCSC1CCCCC1. The Kier molecular flexibility index (Phi) is 8.05. The lowest BCUT2D eigenvalue weighted by atomic mass is 10.0. The van der Waals surface area contributed by atoms with E-state index >= 15 is 0 Å². The van der Waals surface area contributed by atoms with Gasteiger partial charge in [-0.3, -0.25) is 14.5 Å². The number of benzene rings is 2. The molecule has 0 atom stereocenters. The number of thioether (sulfide) groups is 1. The minimum absolute atomic E-state index is 0.0181. The number of carbonyl (C=O) groups excluding carboxylic acids is 2. The summed E-state index contributed by atoms with van der Waals surface area (Å²) >= 11 is 2.01. The van der Waals surface area contributed by atoms with Crippen LogP contribution in [-0.2, 0) is 9.59 Å². The van der Waals surface area contributed by atoms with Crippen molar-refractivity contribution in [3.63, 3.8) is 0 Å². The third-order valence-corrected chi connectivity index (χ3v) is 7.34. The quantitative estimate of drug-likeness (QED) is 0.429. The van der Waals surface area contributed by atoms with Crippen molar-refractivity contribution >= 4 is 35.3 Å². The van der Waals surface area contributed by atoms with Gasteiger partial charge in [-0.15, -0.1) is 0 Å². The standard InChI is InChI=1S/C26H29FN2O3S/c27-21-12-5-4-9-19(21)17-24-26(31)29(22-13-6-7-14-23(22)32-24)18-25(30)28-15-8-16-33-20-10-2-1-3-11-20/h4-7,9,12-14,17,20H,1-3,8,10-11,15-16,18H2,(H,28,30). The summed E-state index contributed by atoms with van der Waals surface area (Å²) in [7, 11) is 0. The van der Waals surface area contributed by atoms with Gasteiger partial charge in [0.25, 0.3) is 5.91 Å². The third-order valence-electron chi connectivity index (χ3n) is 5.87. The molecule has 2 aromatic rings. The Morgan fingerprint density at radius 3 is 2.70 bits per heavy atom. The maximum atomic E-state index is 14.1. The number of ether oxygens (including phenoxy) is 1. The van der Waals surface area contributed by atoms with Crippen LogP contribution in [-0.4, -0.2) is 35.9 Å². The van der Waals surface area contributed by atoms with Crippen LogP contribution in [0.25, 0.3) is 6.08 Å². The number of anilines is 1. The lowest BCUT2D eigenvalue weighted by Crippen LogP contribution is -2.44. The number of amides is 2. The van der Waals surface area contributed by atoms with E-state index in [2.05, 4.69) is 5.32 Å². The fourth-order valence-electron chi connectivity index (χ4n) is 4.13. The van der Waals surface area contributed by atoms with Gasteiger partial charge in [-0.2, -0.15) is 11.8 Å². The molecule has 33 heavy (non-hydrogen) atoms. The van der Waals surface area contributed by atoms with Gasteiger partial charge in [0, 0.05) is 17.4 Å².